The van der Waals surface area contributed by atoms with Crippen molar-refractivity contribution >= 4 is 22.4 Å². The summed E-state index contributed by atoms with van der Waals surface area (Å²) in [7, 11) is 1.39. The number of aryl methyl sites for hydroxylation is 1. The van der Waals surface area contributed by atoms with E-state index in [1.807, 2.05) is 6.92 Å². The Bertz CT molecular complexity index is 520. The molecule has 2 aliphatic rings. The van der Waals surface area contributed by atoms with Gasteiger partial charge in [-0.1, -0.05) is 11.3 Å². The van der Waals surface area contributed by atoms with E-state index in [0.717, 1.165) is 24.8 Å². The minimum Gasteiger partial charge on any atom is -0.465 e. The molecule has 1 aromatic heterocycles. The van der Waals surface area contributed by atoms with Crippen molar-refractivity contribution in [2.75, 3.05) is 38.7 Å². The third-order valence-corrected chi connectivity index (χ3v) is 5.21. The van der Waals surface area contributed by atoms with Crippen LogP contribution < -0.4 is 5.32 Å². The lowest BCUT2D eigenvalue weighted by molar-refractivity contribution is -0.0415. The van der Waals surface area contributed by atoms with Gasteiger partial charge in [-0.25, -0.2) is 9.78 Å². The van der Waals surface area contributed by atoms with Crippen LogP contribution in [0, 0.1) is 6.92 Å². The molecule has 0 radical (unpaired) electrons. The van der Waals surface area contributed by atoms with Crippen LogP contribution in [-0.2, 0) is 9.47 Å². The Hall–Kier alpha value is -1.18. The number of hydrogen-bond donors (Lipinski definition) is 1. The van der Waals surface area contributed by atoms with Crippen LogP contribution in [0.1, 0.15) is 28.2 Å². The first kappa shape index (κ1) is 14.7. The Labute approximate surface area is 128 Å². The number of nitrogens with zero attached hydrogens (tertiary/aromatic N) is 2. The summed E-state index contributed by atoms with van der Waals surface area (Å²) in [5.41, 5.74) is 0.707. The number of rotatable bonds is 4. The molecule has 0 spiro atoms. The monoisotopic (exact) mass is 311 g/mol. The second-order valence-corrected chi connectivity index (χ2v) is 6.55. The molecule has 2 aliphatic heterocycles. The summed E-state index contributed by atoms with van der Waals surface area (Å²) in [6.45, 7) is 5.53. The van der Waals surface area contributed by atoms with Gasteiger partial charge in [-0.05, 0) is 26.3 Å². The molecule has 6 nitrogen and oxygen atoms in total. The average molecular weight is 311 g/mol. The van der Waals surface area contributed by atoms with Gasteiger partial charge >= 0.3 is 5.97 Å². The van der Waals surface area contributed by atoms with E-state index in [-0.39, 0.29) is 12.1 Å². The van der Waals surface area contributed by atoms with Crippen molar-refractivity contribution in [2.24, 2.45) is 0 Å². The molecule has 3 rings (SSSR count). The molecule has 2 atom stereocenters. The molecule has 21 heavy (non-hydrogen) atoms. The van der Waals surface area contributed by atoms with Crippen LogP contribution >= 0.6 is 11.3 Å². The van der Waals surface area contributed by atoms with Crippen LogP contribution in [0.5, 0.6) is 0 Å². The summed E-state index contributed by atoms with van der Waals surface area (Å²) < 4.78 is 10.6. The fourth-order valence-corrected chi connectivity index (χ4v) is 3.86. The van der Waals surface area contributed by atoms with Gasteiger partial charge in [0.1, 0.15) is 4.88 Å². The largest absolute Gasteiger partial charge is 0.465 e. The number of ether oxygens (including phenoxy) is 2. The van der Waals surface area contributed by atoms with Crippen LogP contribution in [0.2, 0.25) is 0 Å². The zero-order chi connectivity index (χ0) is 14.8. The van der Waals surface area contributed by atoms with Gasteiger partial charge in [0.05, 0.1) is 25.5 Å². The normalized spacial score (nSPS) is 25.6. The zero-order valence-electron chi connectivity index (χ0n) is 12.4. The number of thiazole rings is 1. The first-order chi connectivity index (χ1) is 10.2. The van der Waals surface area contributed by atoms with E-state index in [9.17, 15) is 4.79 Å². The number of fused-ring (bicyclic) bond motifs is 1. The van der Waals surface area contributed by atoms with E-state index >= 15 is 0 Å². The van der Waals surface area contributed by atoms with Crippen LogP contribution in [0.15, 0.2) is 0 Å². The molecular weight excluding hydrogens is 290 g/mol. The SMILES string of the molecule is COC(=O)c1sc(NCC2CN3CCCC3CO2)nc1C. The standard InChI is InChI=1S/C14H21N3O3S/c1-9-12(13(18)19-2)21-14(16-9)15-6-11-7-17-5-3-4-10(17)8-20-11/h10-11H,3-8H2,1-2H3,(H,15,16). The highest BCUT2D eigenvalue weighted by molar-refractivity contribution is 7.17. The van der Waals surface area contributed by atoms with Crippen molar-refractivity contribution < 1.29 is 14.3 Å². The van der Waals surface area contributed by atoms with Gasteiger partial charge in [0.2, 0.25) is 0 Å². The average Bonchev–Trinajstić information content (AvgIpc) is 3.10. The molecule has 7 heteroatoms. The van der Waals surface area contributed by atoms with Crippen molar-refractivity contribution in [3.63, 3.8) is 0 Å². The highest BCUT2D eigenvalue weighted by Gasteiger charge is 2.32. The minimum atomic E-state index is -0.327. The van der Waals surface area contributed by atoms with Crippen LogP contribution in [0.4, 0.5) is 5.13 Å². The summed E-state index contributed by atoms with van der Waals surface area (Å²) in [4.78, 5) is 19.0. The molecule has 0 bridgehead atoms. The lowest BCUT2D eigenvalue weighted by Crippen LogP contribution is -2.48. The van der Waals surface area contributed by atoms with Gasteiger partial charge in [0.25, 0.3) is 0 Å². The number of carbonyl (C=O) groups excluding carboxylic acids is 1. The zero-order valence-corrected chi connectivity index (χ0v) is 13.2. The van der Waals surface area contributed by atoms with E-state index < -0.39 is 0 Å². The van der Waals surface area contributed by atoms with E-state index in [2.05, 4.69) is 15.2 Å². The van der Waals surface area contributed by atoms with Crippen molar-refractivity contribution in [1.82, 2.24) is 9.88 Å². The molecule has 0 aliphatic carbocycles. The molecule has 1 aromatic rings. The quantitative estimate of drug-likeness (QED) is 0.851. The van der Waals surface area contributed by atoms with Crippen LogP contribution in [-0.4, -0.2) is 61.3 Å². The smallest absolute Gasteiger partial charge is 0.350 e. The lowest BCUT2D eigenvalue weighted by atomic mass is 10.2. The van der Waals surface area contributed by atoms with Crippen LogP contribution in [0.3, 0.4) is 0 Å². The predicted octanol–water partition coefficient (Wildman–Crippen LogP) is 1.51. The Morgan fingerprint density at radius 3 is 3.29 bits per heavy atom. The van der Waals surface area contributed by atoms with Gasteiger partial charge in [0, 0.05) is 19.1 Å². The summed E-state index contributed by atoms with van der Waals surface area (Å²) >= 11 is 1.33. The maximum atomic E-state index is 11.6. The highest BCUT2D eigenvalue weighted by Crippen LogP contribution is 2.25. The molecule has 2 unspecified atom stereocenters. The third kappa shape index (κ3) is 3.20. The highest BCUT2D eigenvalue weighted by atomic mass is 32.1. The lowest BCUT2D eigenvalue weighted by Gasteiger charge is -2.35. The molecule has 0 saturated carbocycles. The Kier molecular flexibility index (Phi) is 4.42. The van der Waals surface area contributed by atoms with E-state index in [1.165, 1.54) is 37.8 Å². The van der Waals surface area contributed by atoms with Gasteiger partial charge in [0.15, 0.2) is 5.13 Å². The Morgan fingerprint density at radius 1 is 1.62 bits per heavy atom. The number of anilines is 1. The number of methoxy groups -OCH3 is 1. The number of nitrogens with one attached hydrogen (secondary N) is 1. The first-order valence-electron chi connectivity index (χ1n) is 7.32. The van der Waals surface area contributed by atoms with E-state index in [0.29, 0.717) is 16.6 Å². The van der Waals surface area contributed by atoms with Gasteiger partial charge in [-0.2, -0.15) is 0 Å². The second-order valence-electron chi connectivity index (χ2n) is 5.55. The summed E-state index contributed by atoms with van der Waals surface area (Å²) in [6.07, 6.45) is 2.72. The number of esters is 1. The van der Waals surface area contributed by atoms with Crippen LogP contribution in [0.25, 0.3) is 0 Å². The topological polar surface area (TPSA) is 63.7 Å². The number of carbonyl (C=O) groups is 1. The fraction of sp³-hybridized carbons (Fsp3) is 0.714. The second kappa shape index (κ2) is 6.29. The Morgan fingerprint density at radius 2 is 2.48 bits per heavy atom. The molecule has 0 amide bonds. The van der Waals surface area contributed by atoms with E-state index in [1.54, 1.807) is 0 Å². The predicted molar refractivity (Wildman–Crippen MR) is 81.0 cm³/mol. The third-order valence-electron chi connectivity index (χ3n) is 4.11. The molecule has 116 valence electrons. The number of hydrogen-bond acceptors (Lipinski definition) is 7. The summed E-state index contributed by atoms with van der Waals surface area (Å²) in [6, 6.07) is 0.620. The molecular formula is C14H21N3O3S. The Balaban J connectivity index is 1.54. The summed E-state index contributed by atoms with van der Waals surface area (Å²) in [5.74, 6) is -0.327. The molecule has 0 aromatic carbocycles. The number of aromatic nitrogens is 1. The number of morpholine rings is 1. The minimum absolute atomic E-state index is 0.185. The van der Waals surface area contributed by atoms with Crippen molar-refractivity contribution in [3.05, 3.63) is 10.6 Å². The fourth-order valence-electron chi connectivity index (χ4n) is 2.96. The maximum Gasteiger partial charge on any atom is 0.350 e. The summed E-state index contributed by atoms with van der Waals surface area (Å²) in [5, 5.41) is 4.03. The maximum absolute atomic E-state index is 11.6. The first-order valence-corrected chi connectivity index (χ1v) is 8.14. The van der Waals surface area contributed by atoms with Crippen molar-refractivity contribution in [2.45, 2.75) is 31.9 Å². The van der Waals surface area contributed by atoms with Gasteiger partial charge < -0.3 is 14.8 Å². The molecule has 3 heterocycles. The molecule has 2 fully saturated rings. The molecule has 1 N–H and O–H groups in total. The van der Waals surface area contributed by atoms with Crippen molar-refractivity contribution in [3.8, 4) is 0 Å². The van der Waals surface area contributed by atoms with E-state index in [4.69, 9.17) is 9.47 Å². The molecule has 2 saturated heterocycles. The van der Waals surface area contributed by atoms with Gasteiger partial charge in [-0.3, -0.25) is 4.90 Å². The van der Waals surface area contributed by atoms with Crippen molar-refractivity contribution in [1.29, 1.82) is 0 Å². The van der Waals surface area contributed by atoms with Gasteiger partial charge in [-0.15, -0.1) is 0 Å².